The number of ether oxygens (including phenoxy) is 1. The van der Waals surface area contributed by atoms with Crippen LogP contribution in [-0.2, 0) is 27.3 Å². The molecule has 1 fully saturated rings. The van der Waals surface area contributed by atoms with Gasteiger partial charge in [0.05, 0.1) is 5.56 Å². The third-order valence-electron chi connectivity index (χ3n) is 4.20. The molecule has 1 unspecified atom stereocenters. The number of nitrogens with zero attached hydrogens (tertiary/aromatic N) is 3. The average Bonchev–Trinajstić information content (AvgIpc) is 3.06. The van der Waals surface area contributed by atoms with E-state index in [9.17, 15) is 14.1 Å². The maximum atomic E-state index is 12.9. The Hall–Kier alpha value is -1.93. The quantitative estimate of drug-likeness (QED) is 0.473. The fourth-order valence-electron chi connectivity index (χ4n) is 3.08. The van der Waals surface area contributed by atoms with Crippen molar-refractivity contribution in [1.29, 1.82) is 0 Å². The maximum absolute atomic E-state index is 12.9. The van der Waals surface area contributed by atoms with E-state index in [1.165, 1.54) is 13.2 Å². The molecule has 0 radical (unpaired) electrons. The van der Waals surface area contributed by atoms with Gasteiger partial charge >= 0.3 is 11.1 Å². The van der Waals surface area contributed by atoms with Crippen LogP contribution in [0.3, 0.4) is 0 Å². The van der Waals surface area contributed by atoms with E-state index in [1.807, 2.05) is 0 Å². The number of carbonyl (C=O) groups is 1. The van der Waals surface area contributed by atoms with Crippen molar-refractivity contribution >= 4 is 28.2 Å². The van der Waals surface area contributed by atoms with Gasteiger partial charge in [-0.05, 0) is 18.9 Å². The second-order valence-electron chi connectivity index (χ2n) is 5.95. The van der Waals surface area contributed by atoms with Crippen LogP contribution in [0.5, 0.6) is 0 Å². The second kappa shape index (κ2) is 6.90. The Kier molecular flexibility index (Phi) is 4.86. The normalized spacial score (nSPS) is 16.5. The fourth-order valence-corrected chi connectivity index (χ4v) is 3.50. The molecule has 0 amide bonds. The largest absolute Gasteiger partial charge is 0.609 e. The zero-order valence-electron chi connectivity index (χ0n) is 13.7. The first-order valence-electron chi connectivity index (χ1n) is 7.85. The third kappa shape index (κ3) is 3.29. The van der Waals surface area contributed by atoms with Gasteiger partial charge in [-0.2, -0.15) is 9.97 Å². The average molecular weight is 349 g/mol. The lowest BCUT2D eigenvalue weighted by atomic mass is 10.2. The summed E-state index contributed by atoms with van der Waals surface area (Å²) in [4.78, 5) is 32.4. The van der Waals surface area contributed by atoms with Crippen LogP contribution in [0.25, 0.3) is 11.0 Å². The molecule has 8 heteroatoms. The molecule has 2 aromatic rings. The van der Waals surface area contributed by atoms with Gasteiger partial charge < -0.3 is 9.29 Å². The first-order valence-corrected chi connectivity index (χ1v) is 9.41. The number of rotatable bonds is 4. The topological polar surface area (TPSA) is 97.1 Å². The van der Waals surface area contributed by atoms with E-state index in [0.717, 1.165) is 25.7 Å². The predicted octanol–water partition coefficient (Wildman–Crippen LogP) is 1.71. The van der Waals surface area contributed by atoms with Gasteiger partial charge in [0.15, 0.2) is 5.65 Å². The molecule has 0 aliphatic heterocycles. The van der Waals surface area contributed by atoms with Crippen molar-refractivity contribution in [3.8, 4) is 0 Å². The minimum Gasteiger partial charge on any atom is -0.609 e. The fraction of sp³-hybridized carbons (Fsp3) is 0.500. The lowest BCUT2D eigenvalue weighted by Gasteiger charge is -2.18. The van der Waals surface area contributed by atoms with Gasteiger partial charge in [-0.15, -0.1) is 0 Å². The molecule has 0 bridgehead atoms. The van der Waals surface area contributed by atoms with Crippen LogP contribution in [0.1, 0.15) is 44.2 Å². The third-order valence-corrected chi connectivity index (χ3v) is 4.91. The maximum Gasteiger partial charge on any atom is 0.344 e. The zero-order chi connectivity index (χ0) is 17.3. The summed E-state index contributed by atoms with van der Waals surface area (Å²) in [5.74, 6) is -0.435. The summed E-state index contributed by atoms with van der Waals surface area (Å²) < 4.78 is 18.4. The predicted molar refractivity (Wildman–Crippen MR) is 89.1 cm³/mol. The van der Waals surface area contributed by atoms with Crippen LogP contribution in [-0.4, -0.2) is 31.3 Å². The van der Waals surface area contributed by atoms with Gasteiger partial charge in [0.25, 0.3) is 5.56 Å². The number of aromatic nitrogens is 3. The van der Waals surface area contributed by atoms with Crippen LogP contribution >= 0.6 is 0 Å². The highest BCUT2D eigenvalue weighted by molar-refractivity contribution is 7.90. The van der Waals surface area contributed by atoms with Gasteiger partial charge in [0.1, 0.15) is 12.9 Å². The Morgan fingerprint density at radius 2 is 2.17 bits per heavy atom. The van der Waals surface area contributed by atoms with Gasteiger partial charge in [-0.3, -0.25) is 14.2 Å². The molecular weight excluding hydrogens is 330 g/mol. The molecule has 0 spiro atoms. The monoisotopic (exact) mass is 349 g/mol. The molecule has 1 aliphatic rings. The summed E-state index contributed by atoms with van der Waals surface area (Å²) in [5, 5.41) is 0.888. The Morgan fingerprint density at radius 3 is 2.79 bits per heavy atom. The lowest BCUT2D eigenvalue weighted by molar-refractivity contribution is -0.142. The summed E-state index contributed by atoms with van der Waals surface area (Å²) in [5.41, 5.74) is 0.694. The van der Waals surface area contributed by atoms with Crippen molar-refractivity contribution in [1.82, 2.24) is 14.5 Å². The molecule has 1 atom stereocenters. The Bertz CT molecular complexity index is 828. The molecule has 2 aromatic heterocycles. The molecule has 128 valence electrons. The smallest absolute Gasteiger partial charge is 0.344 e. The number of esters is 1. The van der Waals surface area contributed by atoms with Crippen molar-refractivity contribution in [3.63, 3.8) is 0 Å². The molecular formula is C16H19N3O4S. The molecule has 0 N–H and O–H groups in total. The molecule has 2 heterocycles. The van der Waals surface area contributed by atoms with E-state index in [0.29, 0.717) is 16.6 Å². The van der Waals surface area contributed by atoms with Crippen LogP contribution in [0.15, 0.2) is 22.2 Å². The minimum absolute atomic E-state index is 0.0605. The van der Waals surface area contributed by atoms with Crippen LogP contribution in [0.4, 0.5) is 0 Å². The SMILES string of the molecule is CC(=O)OCc1cc2cnc([S+](C)[O-])nc2n(C2CCCC2)c1=O. The number of carbonyl (C=O) groups excluding carboxylic acids is 1. The minimum atomic E-state index is -1.32. The number of pyridine rings is 1. The van der Waals surface area contributed by atoms with Crippen LogP contribution < -0.4 is 5.56 Å². The highest BCUT2D eigenvalue weighted by Crippen LogP contribution is 2.30. The zero-order valence-corrected chi connectivity index (χ0v) is 14.5. The Labute approximate surface area is 142 Å². The molecule has 1 aliphatic carbocycles. The highest BCUT2D eigenvalue weighted by Gasteiger charge is 2.24. The van der Waals surface area contributed by atoms with Crippen molar-refractivity contribution in [2.24, 2.45) is 0 Å². The Morgan fingerprint density at radius 1 is 1.46 bits per heavy atom. The summed E-state index contributed by atoms with van der Waals surface area (Å²) in [6.07, 6.45) is 7.01. The lowest BCUT2D eigenvalue weighted by Crippen LogP contribution is -2.28. The second-order valence-corrected chi connectivity index (χ2v) is 7.22. The number of hydrogen-bond acceptors (Lipinski definition) is 6. The van der Waals surface area contributed by atoms with Gasteiger partial charge in [0, 0.05) is 35.7 Å². The van der Waals surface area contributed by atoms with Crippen molar-refractivity contribution < 1.29 is 14.1 Å². The van der Waals surface area contributed by atoms with Gasteiger partial charge in [0.2, 0.25) is 0 Å². The molecule has 0 aromatic carbocycles. The molecule has 24 heavy (non-hydrogen) atoms. The Balaban J connectivity index is 2.18. The van der Waals surface area contributed by atoms with Gasteiger partial charge in [-0.25, -0.2) is 0 Å². The van der Waals surface area contributed by atoms with E-state index in [-0.39, 0.29) is 23.4 Å². The summed E-state index contributed by atoms with van der Waals surface area (Å²) in [7, 11) is 0. The molecule has 1 saturated carbocycles. The first-order chi connectivity index (χ1) is 11.5. The van der Waals surface area contributed by atoms with E-state index >= 15 is 0 Å². The summed E-state index contributed by atoms with van der Waals surface area (Å²) in [6.45, 7) is 1.24. The van der Waals surface area contributed by atoms with Crippen molar-refractivity contribution in [2.75, 3.05) is 6.26 Å². The number of fused-ring (bicyclic) bond motifs is 1. The molecule has 7 nitrogen and oxygen atoms in total. The standard InChI is InChI=1S/C16H19N3O4S/c1-10(20)23-9-12-7-11-8-17-16(24(2)22)18-14(11)19(15(12)21)13-5-3-4-6-13/h7-8,13H,3-6,9H2,1-2H3. The summed E-state index contributed by atoms with van der Waals surface area (Å²) in [6, 6.07) is 1.71. The number of hydrogen-bond donors (Lipinski definition) is 0. The first kappa shape index (κ1) is 16.9. The highest BCUT2D eigenvalue weighted by atomic mass is 32.2. The van der Waals surface area contributed by atoms with Crippen molar-refractivity contribution in [2.45, 2.75) is 50.4 Å². The van der Waals surface area contributed by atoms with Crippen molar-refractivity contribution in [3.05, 3.63) is 28.2 Å². The summed E-state index contributed by atoms with van der Waals surface area (Å²) >= 11 is -1.32. The van der Waals surface area contributed by atoms with E-state index < -0.39 is 17.1 Å². The van der Waals surface area contributed by atoms with E-state index in [1.54, 1.807) is 16.8 Å². The molecule has 3 rings (SSSR count). The van der Waals surface area contributed by atoms with Crippen LogP contribution in [0, 0.1) is 0 Å². The molecule has 0 saturated heterocycles. The van der Waals surface area contributed by atoms with E-state index in [4.69, 9.17) is 4.74 Å². The van der Waals surface area contributed by atoms with Crippen LogP contribution in [0.2, 0.25) is 0 Å². The van der Waals surface area contributed by atoms with Gasteiger partial charge in [-0.1, -0.05) is 12.8 Å². The van der Waals surface area contributed by atoms with E-state index in [2.05, 4.69) is 9.97 Å².